The lowest BCUT2D eigenvalue weighted by Crippen LogP contribution is -2.19. The van der Waals surface area contributed by atoms with Gasteiger partial charge in [-0.1, -0.05) is 56.2 Å². The van der Waals surface area contributed by atoms with Crippen molar-refractivity contribution in [2.24, 2.45) is 5.92 Å². The maximum absolute atomic E-state index is 14.8. The van der Waals surface area contributed by atoms with Gasteiger partial charge < -0.3 is 4.74 Å². The summed E-state index contributed by atoms with van der Waals surface area (Å²) in [4.78, 5) is 0. The second-order valence-electron chi connectivity index (χ2n) is 8.59. The highest BCUT2D eigenvalue weighted by Gasteiger charge is 2.34. The number of benzene rings is 3. The molecule has 176 valence electrons. The average molecular weight is 466 g/mol. The first kappa shape index (κ1) is 23.2. The molecule has 3 aromatic rings. The van der Waals surface area contributed by atoms with Gasteiger partial charge in [0, 0.05) is 6.99 Å². The van der Waals surface area contributed by atoms with Crippen LogP contribution in [0.3, 0.4) is 0 Å². The van der Waals surface area contributed by atoms with E-state index in [1.165, 1.54) is 30.5 Å². The van der Waals surface area contributed by atoms with Crippen molar-refractivity contribution < 1.29 is 32.5 Å². The molecule has 0 radical (unpaired) electrons. The van der Waals surface area contributed by atoms with Crippen molar-refractivity contribution in [2.45, 2.75) is 44.9 Å². The summed E-state index contributed by atoms with van der Waals surface area (Å²) in [6.45, 7) is 2.27. The molecule has 0 aromatic heterocycles. The van der Waals surface area contributed by atoms with Crippen molar-refractivity contribution in [1.82, 2.24) is 0 Å². The standard InChI is InChI=1S/C26H22F6O.H2/c1-15-2-4-16(5-3-15)17-6-8-18(9-7-17)19-10-11-21(22(27)12-19)20-13-23(28)25(24(29)14-20)33-26(30,31)32;/h6-16H,2-5H2,1H3;1H. The average Bonchev–Trinajstić information content (AvgIpc) is 2.76. The minimum Gasteiger partial charge on any atom is -0.399 e. The molecule has 0 bridgehead atoms. The predicted octanol–water partition coefficient (Wildman–Crippen LogP) is 8.88. The van der Waals surface area contributed by atoms with E-state index in [0.29, 0.717) is 23.6 Å². The summed E-state index contributed by atoms with van der Waals surface area (Å²) >= 11 is 0. The van der Waals surface area contributed by atoms with Crippen molar-refractivity contribution >= 4 is 0 Å². The minimum absolute atomic E-state index is 0. The first-order chi connectivity index (χ1) is 15.6. The zero-order chi connectivity index (χ0) is 23.8. The van der Waals surface area contributed by atoms with Crippen LogP contribution in [0.4, 0.5) is 26.3 Å². The molecule has 1 fully saturated rings. The third-order valence-corrected chi connectivity index (χ3v) is 6.23. The Morgan fingerprint density at radius 3 is 1.82 bits per heavy atom. The SMILES string of the molecule is CC1CCC(c2ccc(-c3ccc(-c4cc(F)c(OC(F)(F)F)c(F)c4)c(F)c3)cc2)CC1.[HH]. The molecule has 0 unspecified atom stereocenters. The lowest BCUT2D eigenvalue weighted by molar-refractivity contribution is -0.276. The van der Waals surface area contributed by atoms with Gasteiger partial charge in [0.15, 0.2) is 11.6 Å². The van der Waals surface area contributed by atoms with Crippen molar-refractivity contribution in [3.05, 3.63) is 77.6 Å². The highest BCUT2D eigenvalue weighted by molar-refractivity contribution is 5.71. The van der Waals surface area contributed by atoms with Gasteiger partial charge >= 0.3 is 6.36 Å². The van der Waals surface area contributed by atoms with Crippen molar-refractivity contribution in [1.29, 1.82) is 0 Å². The van der Waals surface area contributed by atoms with Crippen LogP contribution in [0.15, 0.2) is 54.6 Å². The number of hydrogen-bond donors (Lipinski definition) is 0. The van der Waals surface area contributed by atoms with Crippen LogP contribution in [-0.2, 0) is 0 Å². The monoisotopic (exact) mass is 466 g/mol. The van der Waals surface area contributed by atoms with Gasteiger partial charge in [-0.2, -0.15) is 0 Å². The number of ether oxygens (including phenoxy) is 1. The zero-order valence-corrected chi connectivity index (χ0v) is 17.9. The summed E-state index contributed by atoms with van der Waals surface area (Å²) in [5.74, 6) is -4.17. The Morgan fingerprint density at radius 1 is 0.727 bits per heavy atom. The Kier molecular flexibility index (Phi) is 6.41. The van der Waals surface area contributed by atoms with Crippen LogP contribution in [0.2, 0.25) is 0 Å². The third-order valence-electron chi connectivity index (χ3n) is 6.23. The first-order valence-electron chi connectivity index (χ1n) is 10.8. The molecule has 0 spiro atoms. The van der Waals surface area contributed by atoms with Crippen LogP contribution >= 0.6 is 0 Å². The first-order valence-corrected chi connectivity index (χ1v) is 10.8. The highest BCUT2D eigenvalue weighted by Crippen LogP contribution is 2.37. The quantitative estimate of drug-likeness (QED) is 0.349. The molecule has 0 aliphatic heterocycles. The molecular weight excluding hydrogens is 442 g/mol. The highest BCUT2D eigenvalue weighted by atomic mass is 19.4. The molecule has 4 rings (SSSR count). The van der Waals surface area contributed by atoms with E-state index in [0.717, 1.165) is 24.3 Å². The number of halogens is 6. The molecule has 0 amide bonds. The van der Waals surface area contributed by atoms with E-state index in [2.05, 4.69) is 11.7 Å². The minimum atomic E-state index is -5.25. The number of hydrogen-bond acceptors (Lipinski definition) is 1. The van der Waals surface area contributed by atoms with Gasteiger partial charge in [-0.25, -0.2) is 13.2 Å². The van der Waals surface area contributed by atoms with Gasteiger partial charge in [0.2, 0.25) is 5.75 Å². The Hall–Kier alpha value is -2.96. The Labute approximate surface area is 189 Å². The van der Waals surface area contributed by atoms with Crippen LogP contribution in [0.1, 0.15) is 45.5 Å². The molecule has 0 atom stereocenters. The van der Waals surface area contributed by atoms with Crippen molar-refractivity contribution in [2.75, 3.05) is 0 Å². The fraction of sp³-hybridized carbons (Fsp3) is 0.308. The van der Waals surface area contributed by atoms with Crippen LogP contribution in [0.5, 0.6) is 5.75 Å². The number of rotatable bonds is 4. The van der Waals surface area contributed by atoms with E-state index in [1.807, 2.05) is 24.3 Å². The predicted molar refractivity (Wildman–Crippen MR) is 116 cm³/mol. The normalized spacial score (nSPS) is 18.9. The molecule has 1 saturated carbocycles. The topological polar surface area (TPSA) is 9.23 Å². The van der Waals surface area contributed by atoms with Crippen LogP contribution < -0.4 is 4.74 Å². The third kappa shape index (κ3) is 5.34. The van der Waals surface area contributed by atoms with E-state index < -0.39 is 29.6 Å². The van der Waals surface area contributed by atoms with Crippen LogP contribution in [0, 0.1) is 23.4 Å². The van der Waals surface area contributed by atoms with Crippen LogP contribution in [0.25, 0.3) is 22.3 Å². The molecule has 1 aliphatic carbocycles. The van der Waals surface area contributed by atoms with E-state index in [9.17, 15) is 26.3 Å². The molecular formula is C26H24F6O. The summed E-state index contributed by atoms with van der Waals surface area (Å²) in [6.07, 6.45) is -0.512. The molecule has 0 N–H and O–H groups in total. The van der Waals surface area contributed by atoms with Gasteiger partial charge in [0.1, 0.15) is 5.82 Å². The van der Waals surface area contributed by atoms with Crippen molar-refractivity contribution in [3.63, 3.8) is 0 Å². The van der Waals surface area contributed by atoms with Gasteiger partial charge in [0.05, 0.1) is 0 Å². The van der Waals surface area contributed by atoms with Gasteiger partial charge in [0.25, 0.3) is 0 Å². The van der Waals surface area contributed by atoms with Crippen molar-refractivity contribution in [3.8, 4) is 28.0 Å². The lowest BCUT2D eigenvalue weighted by Gasteiger charge is -2.26. The van der Waals surface area contributed by atoms with Gasteiger partial charge in [-0.15, -0.1) is 13.2 Å². The van der Waals surface area contributed by atoms with E-state index >= 15 is 0 Å². The molecule has 1 aliphatic rings. The molecule has 7 heteroatoms. The summed E-state index contributed by atoms with van der Waals surface area (Å²) in [6, 6.07) is 13.4. The summed E-state index contributed by atoms with van der Waals surface area (Å²) in [7, 11) is 0. The van der Waals surface area contributed by atoms with Crippen LogP contribution in [-0.4, -0.2) is 6.36 Å². The fourth-order valence-electron chi connectivity index (χ4n) is 4.40. The van der Waals surface area contributed by atoms with E-state index in [4.69, 9.17) is 0 Å². The summed E-state index contributed by atoms with van der Waals surface area (Å²) < 4.78 is 83.2. The largest absolute Gasteiger partial charge is 0.573 e. The molecule has 33 heavy (non-hydrogen) atoms. The fourth-order valence-corrected chi connectivity index (χ4v) is 4.40. The zero-order valence-electron chi connectivity index (χ0n) is 17.9. The maximum atomic E-state index is 14.8. The molecule has 1 nitrogen and oxygen atoms in total. The Balaban J connectivity index is 0.00000324. The number of alkyl halides is 3. The second-order valence-corrected chi connectivity index (χ2v) is 8.59. The summed E-state index contributed by atoms with van der Waals surface area (Å²) in [5.41, 5.74) is 2.26. The lowest BCUT2D eigenvalue weighted by atomic mass is 9.79. The second kappa shape index (κ2) is 9.12. The molecule has 0 heterocycles. The Morgan fingerprint density at radius 2 is 1.27 bits per heavy atom. The summed E-state index contributed by atoms with van der Waals surface area (Å²) in [5, 5.41) is 0. The van der Waals surface area contributed by atoms with E-state index in [1.54, 1.807) is 6.07 Å². The molecule has 3 aromatic carbocycles. The Bertz CT molecular complexity index is 1110. The van der Waals surface area contributed by atoms with Gasteiger partial charge in [-0.05, 0) is 65.1 Å². The smallest absolute Gasteiger partial charge is 0.399 e. The van der Waals surface area contributed by atoms with E-state index in [-0.39, 0.29) is 12.6 Å². The maximum Gasteiger partial charge on any atom is 0.573 e. The molecule has 0 saturated heterocycles. The van der Waals surface area contributed by atoms with Gasteiger partial charge in [-0.3, -0.25) is 0 Å².